The first-order valence-corrected chi connectivity index (χ1v) is 7.14. The van der Waals surface area contributed by atoms with Crippen molar-refractivity contribution in [2.75, 3.05) is 45.1 Å². The highest BCUT2D eigenvalue weighted by Gasteiger charge is 2.31. The number of aryl methyl sites for hydroxylation is 1. The van der Waals surface area contributed by atoms with Gasteiger partial charge in [0.25, 0.3) is 0 Å². The van der Waals surface area contributed by atoms with Crippen molar-refractivity contribution in [1.29, 1.82) is 0 Å². The van der Waals surface area contributed by atoms with Crippen molar-refractivity contribution in [3.05, 3.63) is 29.3 Å². The lowest BCUT2D eigenvalue weighted by Crippen LogP contribution is -2.47. The number of alkyl halides is 3. The molecule has 1 amide bonds. The molecule has 0 aliphatic carbocycles. The van der Waals surface area contributed by atoms with E-state index in [1.807, 2.05) is 11.9 Å². The van der Waals surface area contributed by atoms with E-state index in [1.54, 1.807) is 6.92 Å². The first-order chi connectivity index (χ1) is 10.2. The van der Waals surface area contributed by atoms with Gasteiger partial charge in [0.15, 0.2) is 0 Å². The van der Waals surface area contributed by atoms with Crippen LogP contribution in [0.2, 0.25) is 0 Å². The fourth-order valence-corrected chi connectivity index (χ4v) is 2.43. The standard InChI is InChI=1S/C15H20F3N3O/c1-11-7-12(15(16,17)18)9-13(8-11)19-14(22)10-21-5-3-20(2)4-6-21/h7-9H,3-6,10H2,1-2H3,(H,19,22). The number of likely N-dealkylation sites (N-methyl/N-ethyl adjacent to an activating group) is 1. The average molecular weight is 315 g/mol. The third-order valence-corrected chi connectivity index (χ3v) is 3.65. The Hall–Kier alpha value is -1.60. The predicted molar refractivity (Wildman–Crippen MR) is 78.7 cm³/mol. The second-order valence-electron chi connectivity index (χ2n) is 5.71. The van der Waals surface area contributed by atoms with E-state index in [0.29, 0.717) is 5.56 Å². The van der Waals surface area contributed by atoms with E-state index in [9.17, 15) is 18.0 Å². The molecule has 0 radical (unpaired) electrons. The molecular formula is C15H20F3N3O. The zero-order valence-corrected chi connectivity index (χ0v) is 12.7. The van der Waals surface area contributed by atoms with Gasteiger partial charge in [0.05, 0.1) is 12.1 Å². The van der Waals surface area contributed by atoms with Gasteiger partial charge in [-0.1, -0.05) is 0 Å². The van der Waals surface area contributed by atoms with E-state index >= 15 is 0 Å². The molecule has 4 nitrogen and oxygen atoms in total. The van der Waals surface area contributed by atoms with Gasteiger partial charge in [-0.2, -0.15) is 13.2 Å². The van der Waals surface area contributed by atoms with E-state index in [0.717, 1.165) is 38.3 Å². The number of benzene rings is 1. The van der Waals surface area contributed by atoms with Crippen LogP contribution in [0.5, 0.6) is 0 Å². The molecule has 0 atom stereocenters. The Morgan fingerprint density at radius 1 is 1.18 bits per heavy atom. The molecule has 0 bridgehead atoms. The van der Waals surface area contributed by atoms with E-state index in [2.05, 4.69) is 10.2 Å². The van der Waals surface area contributed by atoms with Gasteiger partial charge < -0.3 is 10.2 Å². The van der Waals surface area contributed by atoms with Gasteiger partial charge in [-0.25, -0.2) is 0 Å². The van der Waals surface area contributed by atoms with Gasteiger partial charge >= 0.3 is 6.18 Å². The molecule has 1 aliphatic rings. The molecule has 0 saturated carbocycles. The highest BCUT2D eigenvalue weighted by Crippen LogP contribution is 2.31. The van der Waals surface area contributed by atoms with Gasteiger partial charge in [-0.3, -0.25) is 9.69 Å². The Labute approximate surface area is 127 Å². The Balaban J connectivity index is 1.98. The quantitative estimate of drug-likeness (QED) is 0.929. The van der Waals surface area contributed by atoms with Gasteiger partial charge in [0.2, 0.25) is 5.91 Å². The van der Waals surface area contributed by atoms with Gasteiger partial charge in [-0.15, -0.1) is 0 Å². The molecule has 2 rings (SSSR count). The molecular weight excluding hydrogens is 295 g/mol. The van der Waals surface area contributed by atoms with Crippen LogP contribution in [0, 0.1) is 6.92 Å². The highest BCUT2D eigenvalue weighted by atomic mass is 19.4. The number of rotatable bonds is 3. The molecule has 1 heterocycles. The van der Waals surface area contributed by atoms with Crippen LogP contribution >= 0.6 is 0 Å². The number of amides is 1. The normalized spacial score (nSPS) is 17.5. The Bertz CT molecular complexity index is 537. The molecule has 1 aromatic rings. The molecule has 122 valence electrons. The number of nitrogens with one attached hydrogen (secondary N) is 1. The molecule has 1 aliphatic heterocycles. The number of hydrogen-bond acceptors (Lipinski definition) is 3. The van der Waals surface area contributed by atoms with Crippen molar-refractivity contribution in [2.45, 2.75) is 13.1 Å². The third kappa shape index (κ3) is 4.71. The molecule has 0 spiro atoms. The molecule has 1 aromatic carbocycles. The molecule has 22 heavy (non-hydrogen) atoms. The monoisotopic (exact) mass is 315 g/mol. The lowest BCUT2D eigenvalue weighted by Gasteiger charge is -2.31. The summed E-state index contributed by atoms with van der Waals surface area (Å²) >= 11 is 0. The Kier molecular flexibility index (Phi) is 5.08. The molecule has 0 aromatic heterocycles. The fourth-order valence-electron chi connectivity index (χ4n) is 2.43. The second-order valence-corrected chi connectivity index (χ2v) is 5.71. The minimum absolute atomic E-state index is 0.187. The molecule has 0 unspecified atom stereocenters. The maximum atomic E-state index is 12.8. The first-order valence-electron chi connectivity index (χ1n) is 7.14. The predicted octanol–water partition coefficient (Wildman–Crippen LogP) is 2.20. The van der Waals surface area contributed by atoms with Gasteiger partial charge in [0, 0.05) is 31.9 Å². The summed E-state index contributed by atoms with van der Waals surface area (Å²) in [6.45, 7) is 5.11. The van der Waals surface area contributed by atoms with E-state index < -0.39 is 11.7 Å². The summed E-state index contributed by atoms with van der Waals surface area (Å²) in [5.41, 5.74) is -0.0985. The van der Waals surface area contributed by atoms with Gasteiger partial charge in [0.1, 0.15) is 0 Å². The lowest BCUT2D eigenvalue weighted by atomic mass is 10.1. The summed E-state index contributed by atoms with van der Waals surface area (Å²) in [6.07, 6.45) is -4.41. The molecule has 1 saturated heterocycles. The third-order valence-electron chi connectivity index (χ3n) is 3.65. The lowest BCUT2D eigenvalue weighted by molar-refractivity contribution is -0.137. The van der Waals surface area contributed by atoms with Crippen molar-refractivity contribution in [3.8, 4) is 0 Å². The van der Waals surface area contributed by atoms with Crippen LogP contribution in [-0.4, -0.2) is 55.5 Å². The van der Waals surface area contributed by atoms with Crippen LogP contribution in [0.4, 0.5) is 18.9 Å². The zero-order chi connectivity index (χ0) is 16.3. The van der Waals surface area contributed by atoms with E-state index in [1.165, 1.54) is 6.07 Å². The van der Waals surface area contributed by atoms with Crippen LogP contribution in [-0.2, 0) is 11.0 Å². The number of anilines is 1. The molecule has 1 N–H and O–H groups in total. The van der Waals surface area contributed by atoms with Crippen LogP contribution in [0.1, 0.15) is 11.1 Å². The number of piperazine rings is 1. The van der Waals surface area contributed by atoms with Gasteiger partial charge in [-0.05, 0) is 37.7 Å². The van der Waals surface area contributed by atoms with Crippen molar-refractivity contribution < 1.29 is 18.0 Å². The Morgan fingerprint density at radius 3 is 2.41 bits per heavy atom. The maximum absolute atomic E-state index is 12.8. The highest BCUT2D eigenvalue weighted by molar-refractivity contribution is 5.92. The average Bonchev–Trinajstić information content (AvgIpc) is 2.39. The Morgan fingerprint density at radius 2 is 1.82 bits per heavy atom. The minimum atomic E-state index is -4.41. The van der Waals surface area contributed by atoms with E-state index in [4.69, 9.17) is 0 Å². The largest absolute Gasteiger partial charge is 0.416 e. The van der Waals surface area contributed by atoms with Crippen molar-refractivity contribution in [3.63, 3.8) is 0 Å². The summed E-state index contributed by atoms with van der Waals surface area (Å²) in [5.74, 6) is -0.289. The number of hydrogen-bond donors (Lipinski definition) is 1. The van der Waals surface area contributed by atoms with E-state index in [-0.39, 0.29) is 18.1 Å². The smallest absolute Gasteiger partial charge is 0.325 e. The van der Waals surface area contributed by atoms with Crippen LogP contribution < -0.4 is 5.32 Å². The van der Waals surface area contributed by atoms with Crippen molar-refractivity contribution in [1.82, 2.24) is 9.80 Å². The summed E-state index contributed by atoms with van der Waals surface area (Å²) in [5, 5.41) is 2.56. The summed E-state index contributed by atoms with van der Waals surface area (Å²) in [7, 11) is 2.02. The minimum Gasteiger partial charge on any atom is -0.325 e. The van der Waals surface area contributed by atoms with Crippen molar-refractivity contribution >= 4 is 11.6 Å². The summed E-state index contributed by atoms with van der Waals surface area (Å²) in [6, 6.07) is 3.57. The van der Waals surface area contributed by atoms with Crippen molar-refractivity contribution in [2.24, 2.45) is 0 Å². The SMILES string of the molecule is Cc1cc(NC(=O)CN2CCN(C)CC2)cc(C(F)(F)F)c1. The summed E-state index contributed by atoms with van der Waals surface area (Å²) in [4.78, 5) is 16.2. The number of halogens is 3. The van der Waals surface area contributed by atoms with Crippen LogP contribution in [0.25, 0.3) is 0 Å². The topological polar surface area (TPSA) is 35.6 Å². The second kappa shape index (κ2) is 6.66. The van der Waals surface area contributed by atoms with Crippen LogP contribution in [0.15, 0.2) is 18.2 Å². The molecule has 1 fully saturated rings. The zero-order valence-electron chi connectivity index (χ0n) is 12.7. The molecule has 7 heteroatoms. The number of carbonyl (C=O) groups is 1. The fraction of sp³-hybridized carbons (Fsp3) is 0.533. The first kappa shape index (κ1) is 16.8. The summed E-state index contributed by atoms with van der Waals surface area (Å²) < 4.78 is 38.3. The maximum Gasteiger partial charge on any atom is 0.416 e. The van der Waals surface area contributed by atoms with Crippen LogP contribution in [0.3, 0.4) is 0 Å². The number of nitrogens with zero attached hydrogens (tertiary/aromatic N) is 2. The number of carbonyl (C=O) groups excluding carboxylic acids is 1.